The van der Waals surface area contributed by atoms with Crippen molar-refractivity contribution in [1.82, 2.24) is 0 Å². The molecule has 0 saturated heterocycles. The first-order valence-electron chi connectivity index (χ1n) is 3.50. The van der Waals surface area contributed by atoms with Crippen LogP contribution in [0.2, 0.25) is 0 Å². The highest BCUT2D eigenvalue weighted by atomic mass is 16.5. The molecule has 3 heteroatoms. The first-order chi connectivity index (χ1) is 5.81. The fourth-order valence-corrected chi connectivity index (χ4v) is 0.892. The molecule has 1 radical (unpaired) electrons. The van der Waals surface area contributed by atoms with Crippen LogP contribution in [0.3, 0.4) is 0 Å². The van der Waals surface area contributed by atoms with Crippen LogP contribution < -0.4 is 10.5 Å². The minimum atomic E-state index is 0.351. The van der Waals surface area contributed by atoms with Crippen molar-refractivity contribution in [2.24, 2.45) is 5.73 Å². The van der Waals surface area contributed by atoms with E-state index >= 15 is 0 Å². The summed E-state index contributed by atoms with van der Waals surface area (Å²) in [7, 11) is 1.54. The summed E-state index contributed by atoms with van der Waals surface area (Å²) in [4.78, 5) is 0. The smallest absolute Gasteiger partial charge is 0.128 e. The molecule has 0 aliphatic rings. The van der Waals surface area contributed by atoms with Gasteiger partial charge in [-0.05, 0) is 17.7 Å². The molecule has 2 N–H and O–H groups in total. The maximum Gasteiger partial charge on any atom is 0.128 e. The summed E-state index contributed by atoms with van der Waals surface area (Å²) in [6.45, 7) is 0.351. The molecule has 1 aromatic carbocycles. The lowest BCUT2D eigenvalue weighted by Crippen LogP contribution is -1.99. The van der Waals surface area contributed by atoms with Crippen LogP contribution in [0, 0.1) is 17.4 Å². The van der Waals surface area contributed by atoms with Gasteiger partial charge in [-0.3, -0.25) is 0 Å². The van der Waals surface area contributed by atoms with Crippen molar-refractivity contribution in [1.29, 1.82) is 5.26 Å². The van der Waals surface area contributed by atoms with Gasteiger partial charge in [0.15, 0.2) is 0 Å². The monoisotopic (exact) mass is 161 g/mol. The molecule has 0 aromatic heterocycles. The molecule has 1 rings (SSSR count). The average Bonchev–Trinajstić information content (AvgIpc) is 2.16. The van der Waals surface area contributed by atoms with E-state index in [1.54, 1.807) is 12.1 Å². The van der Waals surface area contributed by atoms with Crippen LogP contribution in [-0.4, -0.2) is 7.11 Å². The summed E-state index contributed by atoms with van der Waals surface area (Å²) in [5.74, 6) is 0.559. The lowest BCUT2D eigenvalue weighted by Gasteiger charge is -2.02. The Morgan fingerprint density at radius 2 is 2.50 bits per heavy atom. The summed E-state index contributed by atoms with van der Waals surface area (Å²) >= 11 is 0. The maximum atomic E-state index is 8.69. The normalized spacial score (nSPS) is 9.08. The van der Waals surface area contributed by atoms with E-state index in [2.05, 4.69) is 6.07 Å². The van der Waals surface area contributed by atoms with Gasteiger partial charge in [-0.1, -0.05) is 0 Å². The minimum absolute atomic E-state index is 0.351. The third-order valence-electron chi connectivity index (χ3n) is 1.57. The number of benzene rings is 1. The van der Waals surface area contributed by atoms with Crippen LogP contribution in [0.1, 0.15) is 11.1 Å². The summed E-state index contributed by atoms with van der Waals surface area (Å²) in [5, 5.41) is 8.69. The van der Waals surface area contributed by atoms with Gasteiger partial charge in [0.05, 0.1) is 18.7 Å². The van der Waals surface area contributed by atoms with Crippen molar-refractivity contribution >= 4 is 0 Å². The quantitative estimate of drug-likeness (QED) is 0.698. The molecule has 0 saturated carbocycles. The second-order valence-electron chi connectivity index (χ2n) is 2.26. The van der Waals surface area contributed by atoms with E-state index < -0.39 is 0 Å². The Morgan fingerprint density at radius 1 is 1.75 bits per heavy atom. The Bertz CT molecular complexity index is 315. The number of nitrogens with two attached hydrogens (primary N) is 1. The number of hydrogen-bond donors (Lipinski definition) is 1. The lowest BCUT2D eigenvalue weighted by molar-refractivity contribution is 0.413. The Labute approximate surface area is 71.4 Å². The van der Waals surface area contributed by atoms with Gasteiger partial charge >= 0.3 is 0 Å². The van der Waals surface area contributed by atoms with Gasteiger partial charge in [-0.2, -0.15) is 5.26 Å². The minimum Gasteiger partial charge on any atom is -0.496 e. The molecule has 3 nitrogen and oxygen atoms in total. The summed E-state index contributed by atoms with van der Waals surface area (Å²) in [6, 6.07) is 8.21. The second-order valence-corrected chi connectivity index (χ2v) is 2.26. The van der Waals surface area contributed by atoms with Crippen molar-refractivity contribution in [2.45, 2.75) is 6.54 Å². The van der Waals surface area contributed by atoms with Gasteiger partial charge in [0.25, 0.3) is 0 Å². The first-order valence-corrected chi connectivity index (χ1v) is 3.50. The summed E-state index contributed by atoms with van der Waals surface area (Å²) < 4.78 is 4.91. The van der Waals surface area contributed by atoms with Crippen LogP contribution in [0.4, 0.5) is 0 Å². The van der Waals surface area contributed by atoms with Crippen LogP contribution >= 0.6 is 0 Å². The van der Waals surface area contributed by atoms with Crippen molar-refractivity contribution in [2.75, 3.05) is 7.11 Å². The Morgan fingerprint density at radius 3 is 3.00 bits per heavy atom. The lowest BCUT2D eigenvalue weighted by atomic mass is 10.1. The van der Waals surface area contributed by atoms with E-state index in [1.807, 2.05) is 6.07 Å². The Kier molecular flexibility index (Phi) is 2.67. The van der Waals surface area contributed by atoms with Gasteiger partial charge in [0.2, 0.25) is 0 Å². The third-order valence-corrected chi connectivity index (χ3v) is 1.57. The van der Waals surface area contributed by atoms with Gasteiger partial charge in [0.1, 0.15) is 5.75 Å². The van der Waals surface area contributed by atoms with Crippen LogP contribution in [0.15, 0.2) is 12.1 Å². The molecule has 0 aliphatic carbocycles. The van der Waals surface area contributed by atoms with Crippen molar-refractivity contribution in [3.63, 3.8) is 0 Å². The molecule has 0 heterocycles. The van der Waals surface area contributed by atoms with E-state index in [0.717, 1.165) is 5.56 Å². The van der Waals surface area contributed by atoms with E-state index in [-0.39, 0.29) is 0 Å². The summed E-state index contributed by atoms with van der Waals surface area (Å²) in [5.41, 5.74) is 6.75. The first kappa shape index (κ1) is 8.57. The molecule has 0 amide bonds. The highest BCUT2D eigenvalue weighted by molar-refractivity contribution is 5.42. The molecule has 12 heavy (non-hydrogen) atoms. The van der Waals surface area contributed by atoms with Gasteiger partial charge < -0.3 is 10.5 Å². The number of ether oxygens (including phenoxy) is 1. The fourth-order valence-electron chi connectivity index (χ4n) is 0.892. The zero-order valence-electron chi connectivity index (χ0n) is 6.79. The zero-order chi connectivity index (χ0) is 8.97. The molecule has 61 valence electrons. The van der Waals surface area contributed by atoms with E-state index in [9.17, 15) is 0 Å². The predicted molar refractivity (Wildman–Crippen MR) is 44.4 cm³/mol. The standard InChI is InChI=1S/C9H9N2O/c1-12-9-3-2-7(5-10)8(4-9)6-11/h2,4H,5,10H2,1H3. The third kappa shape index (κ3) is 1.55. The Balaban J connectivity index is 3.13. The Hall–Kier alpha value is -1.53. The molecule has 0 aliphatic heterocycles. The molecule has 0 spiro atoms. The molecular weight excluding hydrogens is 152 g/mol. The molecular formula is C9H9N2O. The number of rotatable bonds is 2. The van der Waals surface area contributed by atoms with Gasteiger partial charge in [-0.15, -0.1) is 0 Å². The van der Waals surface area contributed by atoms with Gasteiger partial charge in [-0.25, -0.2) is 0 Å². The van der Waals surface area contributed by atoms with Crippen molar-refractivity contribution < 1.29 is 4.74 Å². The second kappa shape index (κ2) is 3.74. The molecule has 1 aromatic rings. The highest BCUT2D eigenvalue weighted by Gasteiger charge is 2.01. The number of nitrogens with zero attached hydrogens (tertiary/aromatic N) is 1. The SMILES string of the molecule is COc1[c]cc(CN)c(C#N)c1. The number of hydrogen-bond acceptors (Lipinski definition) is 3. The fraction of sp³-hybridized carbons (Fsp3) is 0.222. The zero-order valence-corrected chi connectivity index (χ0v) is 6.79. The van der Waals surface area contributed by atoms with Crippen LogP contribution in [0.5, 0.6) is 5.75 Å². The topological polar surface area (TPSA) is 59.0 Å². The van der Waals surface area contributed by atoms with E-state index in [4.69, 9.17) is 15.7 Å². The van der Waals surface area contributed by atoms with E-state index in [0.29, 0.717) is 17.9 Å². The summed E-state index contributed by atoms with van der Waals surface area (Å²) in [6.07, 6.45) is 0. The van der Waals surface area contributed by atoms with Crippen LogP contribution in [0.25, 0.3) is 0 Å². The van der Waals surface area contributed by atoms with Crippen molar-refractivity contribution in [3.05, 3.63) is 29.3 Å². The molecule has 0 unspecified atom stereocenters. The molecule has 0 atom stereocenters. The van der Waals surface area contributed by atoms with Crippen LogP contribution in [-0.2, 0) is 6.54 Å². The molecule has 0 bridgehead atoms. The largest absolute Gasteiger partial charge is 0.496 e. The molecule has 0 fully saturated rings. The van der Waals surface area contributed by atoms with Crippen molar-refractivity contribution in [3.8, 4) is 11.8 Å². The van der Waals surface area contributed by atoms with E-state index in [1.165, 1.54) is 7.11 Å². The predicted octanol–water partition coefficient (Wildman–Crippen LogP) is 0.826. The van der Waals surface area contributed by atoms with Gasteiger partial charge in [0, 0.05) is 12.6 Å². The number of methoxy groups -OCH3 is 1. The maximum absolute atomic E-state index is 8.69. The average molecular weight is 161 g/mol. The number of nitriles is 1. The highest BCUT2D eigenvalue weighted by Crippen LogP contribution is 2.15.